The molecule has 1 aromatic heterocycles. The second-order valence-corrected chi connectivity index (χ2v) is 4.27. The Balaban J connectivity index is 2.07. The number of ether oxygens (including phenoxy) is 1. The Kier molecular flexibility index (Phi) is 3.58. The molecule has 0 aromatic carbocycles. The lowest BCUT2D eigenvalue weighted by molar-refractivity contribution is 0.0855. The Morgan fingerprint density at radius 1 is 1.47 bits per heavy atom. The van der Waals surface area contributed by atoms with Gasteiger partial charge in [0.1, 0.15) is 11.5 Å². The molecule has 5 nitrogen and oxygen atoms in total. The quantitative estimate of drug-likeness (QED) is 0.604. The van der Waals surface area contributed by atoms with Gasteiger partial charge in [-0.15, -0.1) is 0 Å². The number of hydrogen-bond donors (Lipinski definition) is 2. The lowest BCUT2D eigenvalue weighted by atomic mass is 10.1. The van der Waals surface area contributed by atoms with Crippen LogP contribution in [-0.4, -0.2) is 37.1 Å². The van der Waals surface area contributed by atoms with Gasteiger partial charge >= 0.3 is 0 Å². The molecule has 0 unspecified atom stereocenters. The summed E-state index contributed by atoms with van der Waals surface area (Å²) in [6.45, 7) is 1.65. The molecular weight excluding hydrogens is 216 g/mol. The van der Waals surface area contributed by atoms with Crippen LogP contribution in [0.3, 0.4) is 0 Å². The molecule has 5 heteroatoms. The van der Waals surface area contributed by atoms with E-state index in [0.717, 1.165) is 31.7 Å². The number of nitrogens with one attached hydrogen (secondary N) is 1. The molecule has 0 spiro atoms. The van der Waals surface area contributed by atoms with Crippen molar-refractivity contribution in [2.75, 3.05) is 25.2 Å². The van der Waals surface area contributed by atoms with Crippen molar-refractivity contribution in [3.63, 3.8) is 0 Å². The van der Waals surface area contributed by atoms with E-state index in [1.165, 1.54) is 0 Å². The maximum Gasteiger partial charge on any atom is 0.141 e. The van der Waals surface area contributed by atoms with Crippen LogP contribution >= 0.6 is 0 Å². The van der Waals surface area contributed by atoms with Gasteiger partial charge in [0, 0.05) is 26.3 Å². The molecule has 17 heavy (non-hydrogen) atoms. The number of hydrogen-bond acceptors (Lipinski definition) is 4. The second-order valence-electron chi connectivity index (χ2n) is 4.27. The van der Waals surface area contributed by atoms with Crippen molar-refractivity contribution >= 4 is 11.5 Å². The minimum absolute atomic E-state index is 0.00488. The van der Waals surface area contributed by atoms with Crippen molar-refractivity contribution in [1.29, 1.82) is 5.41 Å². The van der Waals surface area contributed by atoms with E-state index >= 15 is 0 Å². The van der Waals surface area contributed by atoms with Crippen LogP contribution in [0.5, 0.6) is 0 Å². The molecule has 1 saturated heterocycles. The van der Waals surface area contributed by atoms with Crippen molar-refractivity contribution in [3.8, 4) is 0 Å². The summed E-state index contributed by atoms with van der Waals surface area (Å²) in [5.41, 5.74) is 6.95. The first-order chi connectivity index (χ1) is 8.18. The zero-order chi connectivity index (χ0) is 12.3. The first-order valence-corrected chi connectivity index (χ1v) is 5.79. The zero-order valence-electron chi connectivity index (χ0n) is 10.0. The number of nitrogens with zero attached hydrogens (tertiary/aromatic N) is 2. The third-order valence-corrected chi connectivity index (χ3v) is 3.17. The lowest BCUT2D eigenvalue weighted by Gasteiger charge is -2.32. The largest absolute Gasteiger partial charge is 0.382 e. The first-order valence-electron chi connectivity index (χ1n) is 5.79. The normalized spacial score (nSPS) is 16.8. The Hall–Kier alpha value is -1.62. The fourth-order valence-corrected chi connectivity index (χ4v) is 2.04. The molecule has 3 N–H and O–H groups in total. The van der Waals surface area contributed by atoms with Crippen LogP contribution in [0, 0.1) is 5.41 Å². The van der Waals surface area contributed by atoms with Gasteiger partial charge in [0.2, 0.25) is 0 Å². The average molecular weight is 234 g/mol. The fourth-order valence-electron chi connectivity index (χ4n) is 2.04. The van der Waals surface area contributed by atoms with E-state index in [9.17, 15) is 0 Å². The van der Waals surface area contributed by atoms with Crippen LogP contribution in [0.15, 0.2) is 18.3 Å². The lowest BCUT2D eigenvalue weighted by Crippen LogP contribution is -2.36. The zero-order valence-corrected chi connectivity index (χ0v) is 10.0. The molecule has 2 heterocycles. The van der Waals surface area contributed by atoms with Crippen molar-refractivity contribution in [2.24, 2.45) is 5.73 Å². The minimum atomic E-state index is 0.00488. The molecule has 0 atom stereocenters. The molecule has 2 rings (SSSR count). The highest BCUT2D eigenvalue weighted by Gasteiger charge is 2.18. The van der Waals surface area contributed by atoms with Gasteiger partial charge in [-0.3, -0.25) is 10.4 Å². The van der Waals surface area contributed by atoms with Gasteiger partial charge in [0.15, 0.2) is 0 Å². The Bertz CT molecular complexity index is 384. The van der Waals surface area contributed by atoms with E-state index in [1.54, 1.807) is 12.3 Å². The van der Waals surface area contributed by atoms with Gasteiger partial charge < -0.3 is 15.4 Å². The van der Waals surface area contributed by atoms with Gasteiger partial charge in [-0.2, -0.15) is 0 Å². The smallest absolute Gasteiger partial charge is 0.141 e. The predicted molar refractivity (Wildman–Crippen MR) is 67.5 cm³/mol. The number of pyridine rings is 1. The molecule has 0 aliphatic carbocycles. The summed E-state index contributed by atoms with van der Waals surface area (Å²) >= 11 is 0. The molecule has 1 aliphatic heterocycles. The SMILES string of the molecule is CN(c1ccc(C(=N)N)nc1)C1CCOCC1. The Morgan fingerprint density at radius 2 is 2.18 bits per heavy atom. The summed E-state index contributed by atoms with van der Waals surface area (Å²) in [6, 6.07) is 4.25. The van der Waals surface area contributed by atoms with Crippen LogP contribution in [0.4, 0.5) is 5.69 Å². The summed E-state index contributed by atoms with van der Waals surface area (Å²) in [7, 11) is 2.07. The van der Waals surface area contributed by atoms with E-state index in [2.05, 4.69) is 16.9 Å². The Labute approximate surface area is 101 Å². The highest BCUT2D eigenvalue weighted by molar-refractivity contribution is 5.93. The number of anilines is 1. The topological polar surface area (TPSA) is 75.2 Å². The van der Waals surface area contributed by atoms with Crippen molar-refractivity contribution in [1.82, 2.24) is 4.98 Å². The van der Waals surface area contributed by atoms with Crippen LogP contribution in [0.25, 0.3) is 0 Å². The molecular formula is C12H18N4O. The molecule has 1 aliphatic rings. The number of aromatic nitrogens is 1. The third kappa shape index (κ3) is 2.74. The summed E-state index contributed by atoms with van der Waals surface area (Å²) in [6.07, 6.45) is 3.86. The van der Waals surface area contributed by atoms with E-state index < -0.39 is 0 Å². The van der Waals surface area contributed by atoms with Gasteiger partial charge in [-0.25, -0.2) is 0 Å². The molecule has 0 radical (unpaired) electrons. The maximum absolute atomic E-state index is 7.29. The summed E-state index contributed by atoms with van der Waals surface area (Å²) in [5, 5.41) is 7.29. The highest BCUT2D eigenvalue weighted by Crippen LogP contribution is 2.20. The summed E-state index contributed by atoms with van der Waals surface area (Å²) in [5.74, 6) is 0.00488. The third-order valence-electron chi connectivity index (χ3n) is 3.17. The number of rotatable bonds is 3. The summed E-state index contributed by atoms with van der Waals surface area (Å²) < 4.78 is 5.35. The molecule has 1 aromatic rings. The summed E-state index contributed by atoms with van der Waals surface area (Å²) in [4.78, 5) is 6.39. The van der Waals surface area contributed by atoms with Gasteiger partial charge in [-0.05, 0) is 25.0 Å². The van der Waals surface area contributed by atoms with E-state index in [0.29, 0.717) is 11.7 Å². The van der Waals surface area contributed by atoms with Crippen molar-refractivity contribution < 1.29 is 4.74 Å². The van der Waals surface area contributed by atoms with Crippen molar-refractivity contribution in [2.45, 2.75) is 18.9 Å². The number of amidine groups is 1. The standard InChI is InChI=1S/C12H18N4O/c1-16(9-4-6-17-7-5-9)10-2-3-11(12(13)14)15-8-10/h2-3,8-9H,4-7H2,1H3,(H3,13,14). The average Bonchev–Trinajstić information content (AvgIpc) is 2.39. The van der Waals surface area contributed by atoms with Crippen LogP contribution in [0.2, 0.25) is 0 Å². The van der Waals surface area contributed by atoms with E-state index in [-0.39, 0.29) is 5.84 Å². The second kappa shape index (κ2) is 5.14. The fraction of sp³-hybridized carbons (Fsp3) is 0.500. The van der Waals surface area contributed by atoms with Crippen LogP contribution < -0.4 is 10.6 Å². The van der Waals surface area contributed by atoms with E-state index in [1.807, 2.05) is 6.07 Å². The predicted octanol–water partition coefficient (Wildman–Crippen LogP) is 0.981. The molecule has 0 bridgehead atoms. The van der Waals surface area contributed by atoms with Gasteiger partial charge in [0.25, 0.3) is 0 Å². The minimum Gasteiger partial charge on any atom is -0.382 e. The van der Waals surface area contributed by atoms with Crippen molar-refractivity contribution in [3.05, 3.63) is 24.0 Å². The molecule has 0 saturated carbocycles. The van der Waals surface area contributed by atoms with Gasteiger partial charge in [-0.1, -0.05) is 0 Å². The first kappa shape index (κ1) is 11.9. The molecule has 0 amide bonds. The monoisotopic (exact) mass is 234 g/mol. The highest BCUT2D eigenvalue weighted by atomic mass is 16.5. The molecule has 1 fully saturated rings. The number of nitrogen functional groups attached to an aromatic ring is 1. The van der Waals surface area contributed by atoms with Crippen LogP contribution in [-0.2, 0) is 4.74 Å². The Morgan fingerprint density at radius 3 is 2.71 bits per heavy atom. The maximum atomic E-state index is 7.29. The van der Waals surface area contributed by atoms with Crippen LogP contribution in [0.1, 0.15) is 18.5 Å². The number of nitrogens with two attached hydrogens (primary N) is 1. The van der Waals surface area contributed by atoms with Gasteiger partial charge in [0.05, 0.1) is 11.9 Å². The van der Waals surface area contributed by atoms with E-state index in [4.69, 9.17) is 15.9 Å². The molecule has 92 valence electrons.